The van der Waals surface area contributed by atoms with Gasteiger partial charge in [0, 0.05) is 37.6 Å². The monoisotopic (exact) mass is 457 g/mol. The molecule has 0 aliphatic carbocycles. The van der Waals surface area contributed by atoms with Crippen LogP contribution in [-0.2, 0) is 9.59 Å². The zero-order chi connectivity index (χ0) is 24.3. The van der Waals surface area contributed by atoms with Gasteiger partial charge in [0.2, 0.25) is 0 Å². The number of nitrogens with one attached hydrogen (secondary N) is 3. The molecule has 0 unspecified atom stereocenters. The van der Waals surface area contributed by atoms with Crippen LogP contribution in [0.25, 0.3) is 0 Å². The summed E-state index contributed by atoms with van der Waals surface area (Å²) < 4.78 is 0. The lowest BCUT2D eigenvalue weighted by Crippen LogP contribution is -2.30. The SMILES string of the molecule is O=C(NCCCNCCCNC(=O)c1ccccn1)c1ccccn1.O=C(O)/C=C\C(=O)O. The molecule has 0 aromatic carbocycles. The first-order valence-electron chi connectivity index (χ1n) is 10.1. The largest absolute Gasteiger partial charge is 0.478 e. The number of nitrogens with zero attached hydrogens (tertiary/aromatic N) is 2. The molecule has 0 atom stereocenters. The number of pyridine rings is 2. The second-order valence-corrected chi connectivity index (χ2v) is 6.41. The van der Waals surface area contributed by atoms with Crippen LogP contribution in [0, 0.1) is 0 Å². The van der Waals surface area contributed by atoms with Crippen molar-refractivity contribution in [1.29, 1.82) is 0 Å². The summed E-state index contributed by atoms with van der Waals surface area (Å²) in [5.74, 6) is -2.82. The molecule has 33 heavy (non-hydrogen) atoms. The van der Waals surface area contributed by atoms with Crippen LogP contribution in [0.1, 0.15) is 33.8 Å². The number of hydrogen-bond donors (Lipinski definition) is 5. The van der Waals surface area contributed by atoms with E-state index in [-0.39, 0.29) is 11.8 Å². The molecule has 0 fully saturated rings. The van der Waals surface area contributed by atoms with Gasteiger partial charge in [-0.1, -0.05) is 12.1 Å². The van der Waals surface area contributed by atoms with E-state index in [0.29, 0.717) is 36.6 Å². The first-order chi connectivity index (χ1) is 15.9. The Morgan fingerprint density at radius 3 is 1.45 bits per heavy atom. The minimum absolute atomic E-state index is 0.155. The Hall–Kier alpha value is -4.12. The molecule has 0 aliphatic heterocycles. The topological polar surface area (TPSA) is 171 Å². The standard InChI is InChI=1S/C18H23N5O2.C4H4O4/c24-17(15-7-1-3-11-20-15)22-13-5-9-19-10-6-14-23-18(25)16-8-2-4-12-21-16;5-3(6)1-2-4(7)8/h1-4,7-8,11-12,19H,5-6,9-10,13-14H2,(H,22,24)(H,23,25);1-2H,(H,5,6)(H,7,8)/b;2-1-. The van der Waals surface area contributed by atoms with Crippen LogP contribution in [0.2, 0.25) is 0 Å². The van der Waals surface area contributed by atoms with E-state index >= 15 is 0 Å². The molecule has 11 nitrogen and oxygen atoms in total. The fraction of sp³-hybridized carbons (Fsp3) is 0.273. The molecule has 2 heterocycles. The van der Waals surface area contributed by atoms with Gasteiger partial charge >= 0.3 is 11.9 Å². The summed E-state index contributed by atoms with van der Waals surface area (Å²) in [7, 11) is 0. The Balaban J connectivity index is 0.000000582. The van der Waals surface area contributed by atoms with Gasteiger partial charge in [0.25, 0.3) is 11.8 Å². The highest BCUT2D eigenvalue weighted by atomic mass is 16.4. The van der Waals surface area contributed by atoms with Gasteiger partial charge < -0.3 is 26.2 Å². The Morgan fingerprint density at radius 1 is 0.697 bits per heavy atom. The molecule has 0 radical (unpaired) electrons. The number of carbonyl (C=O) groups excluding carboxylic acids is 2. The van der Waals surface area contributed by atoms with Gasteiger partial charge in [-0.2, -0.15) is 0 Å². The van der Waals surface area contributed by atoms with Crippen molar-refractivity contribution < 1.29 is 29.4 Å². The molecule has 2 aromatic heterocycles. The number of amides is 2. The van der Waals surface area contributed by atoms with Gasteiger partial charge in [-0.3, -0.25) is 19.6 Å². The first kappa shape index (κ1) is 26.9. The lowest BCUT2D eigenvalue weighted by Gasteiger charge is -2.07. The molecule has 2 rings (SSSR count). The zero-order valence-corrected chi connectivity index (χ0v) is 17.9. The van der Waals surface area contributed by atoms with E-state index in [1.165, 1.54) is 0 Å². The van der Waals surface area contributed by atoms with Gasteiger partial charge in [0.15, 0.2) is 0 Å². The molecule has 2 amide bonds. The summed E-state index contributed by atoms with van der Waals surface area (Å²) in [6.45, 7) is 2.80. The van der Waals surface area contributed by atoms with Gasteiger partial charge in [-0.15, -0.1) is 0 Å². The Bertz CT molecular complexity index is 833. The van der Waals surface area contributed by atoms with Crippen LogP contribution in [0.4, 0.5) is 0 Å². The third kappa shape index (κ3) is 13.7. The molecule has 0 aliphatic rings. The zero-order valence-electron chi connectivity index (χ0n) is 17.9. The number of carboxylic acid groups (broad SMARTS) is 2. The maximum absolute atomic E-state index is 11.8. The number of hydrogen-bond acceptors (Lipinski definition) is 7. The third-order valence-electron chi connectivity index (χ3n) is 3.80. The quantitative estimate of drug-likeness (QED) is 0.227. The molecule has 176 valence electrons. The summed E-state index contributed by atoms with van der Waals surface area (Å²) in [6, 6.07) is 10.5. The second-order valence-electron chi connectivity index (χ2n) is 6.41. The predicted molar refractivity (Wildman–Crippen MR) is 120 cm³/mol. The van der Waals surface area contributed by atoms with E-state index in [1.807, 2.05) is 0 Å². The van der Waals surface area contributed by atoms with Crippen LogP contribution in [0.15, 0.2) is 60.9 Å². The lowest BCUT2D eigenvalue weighted by atomic mass is 10.3. The van der Waals surface area contributed by atoms with Crippen LogP contribution < -0.4 is 16.0 Å². The normalized spacial score (nSPS) is 10.1. The van der Waals surface area contributed by atoms with Crippen molar-refractivity contribution >= 4 is 23.8 Å². The molecule has 5 N–H and O–H groups in total. The average Bonchev–Trinajstić information content (AvgIpc) is 2.83. The molecule has 0 bridgehead atoms. The van der Waals surface area contributed by atoms with E-state index in [2.05, 4.69) is 25.9 Å². The average molecular weight is 457 g/mol. The summed E-state index contributed by atoms with van der Waals surface area (Å²) in [5.41, 5.74) is 0.859. The highest BCUT2D eigenvalue weighted by molar-refractivity contribution is 5.92. The molecule has 0 saturated carbocycles. The van der Waals surface area contributed by atoms with Crippen molar-refractivity contribution in [3.05, 3.63) is 72.3 Å². The summed E-state index contributed by atoms with van der Waals surface area (Å²) in [6.07, 6.45) is 5.98. The first-order valence-corrected chi connectivity index (χ1v) is 10.1. The molecule has 0 spiro atoms. The summed E-state index contributed by atoms with van der Waals surface area (Å²) >= 11 is 0. The second kappa shape index (κ2) is 16.6. The van der Waals surface area contributed by atoms with Crippen LogP contribution in [0.5, 0.6) is 0 Å². The van der Waals surface area contributed by atoms with Crippen LogP contribution in [0.3, 0.4) is 0 Å². The molecule has 2 aromatic rings. The number of aliphatic carboxylic acids is 2. The smallest absolute Gasteiger partial charge is 0.328 e. The van der Waals surface area contributed by atoms with E-state index in [4.69, 9.17) is 10.2 Å². The van der Waals surface area contributed by atoms with E-state index in [0.717, 1.165) is 25.9 Å². The van der Waals surface area contributed by atoms with Gasteiger partial charge in [-0.05, 0) is 50.2 Å². The number of carbonyl (C=O) groups is 4. The molecule has 11 heteroatoms. The summed E-state index contributed by atoms with van der Waals surface area (Å²) in [4.78, 5) is 50.6. The van der Waals surface area contributed by atoms with Gasteiger partial charge in [0.1, 0.15) is 11.4 Å². The van der Waals surface area contributed by atoms with Crippen LogP contribution in [-0.4, -0.2) is 70.1 Å². The van der Waals surface area contributed by atoms with Crippen LogP contribution >= 0.6 is 0 Å². The molecule has 0 saturated heterocycles. The Labute approximate surface area is 191 Å². The van der Waals surface area contributed by atoms with Crippen molar-refractivity contribution in [3.8, 4) is 0 Å². The van der Waals surface area contributed by atoms with Crippen molar-refractivity contribution in [3.63, 3.8) is 0 Å². The van der Waals surface area contributed by atoms with Crippen molar-refractivity contribution in [2.75, 3.05) is 26.2 Å². The lowest BCUT2D eigenvalue weighted by molar-refractivity contribution is -0.134. The van der Waals surface area contributed by atoms with E-state index < -0.39 is 11.9 Å². The number of carboxylic acids is 2. The maximum atomic E-state index is 11.8. The highest BCUT2D eigenvalue weighted by Crippen LogP contribution is 1.93. The minimum Gasteiger partial charge on any atom is -0.478 e. The highest BCUT2D eigenvalue weighted by Gasteiger charge is 2.05. The molecular formula is C22H27N5O6. The summed E-state index contributed by atoms with van der Waals surface area (Å²) in [5, 5.41) is 24.6. The van der Waals surface area contributed by atoms with Gasteiger partial charge in [-0.25, -0.2) is 9.59 Å². The third-order valence-corrected chi connectivity index (χ3v) is 3.80. The Kier molecular flexibility index (Phi) is 13.5. The predicted octanol–water partition coefficient (Wildman–Crippen LogP) is 0.718. The van der Waals surface area contributed by atoms with Crippen molar-refractivity contribution in [2.24, 2.45) is 0 Å². The van der Waals surface area contributed by atoms with Crippen molar-refractivity contribution in [1.82, 2.24) is 25.9 Å². The maximum Gasteiger partial charge on any atom is 0.328 e. The number of aromatic nitrogens is 2. The molecular weight excluding hydrogens is 430 g/mol. The fourth-order valence-corrected chi connectivity index (χ4v) is 2.27. The van der Waals surface area contributed by atoms with E-state index in [1.54, 1.807) is 48.8 Å². The van der Waals surface area contributed by atoms with E-state index in [9.17, 15) is 19.2 Å². The Morgan fingerprint density at radius 2 is 1.12 bits per heavy atom. The van der Waals surface area contributed by atoms with Crippen molar-refractivity contribution in [2.45, 2.75) is 12.8 Å². The fourth-order valence-electron chi connectivity index (χ4n) is 2.27. The van der Waals surface area contributed by atoms with Gasteiger partial charge in [0.05, 0.1) is 0 Å². The number of rotatable bonds is 12. The minimum atomic E-state index is -1.26.